The lowest BCUT2D eigenvalue weighted by Gasteiger charge is -2.53. The molecule has 11 heteroatoms. The highest BCUT2D eigenvalue weighted by Crippen LogP contribution is 2.53. The summed E-state index contributed by atoms with van der Waals surface area (Å²) in [6.45, 7) is 0. The van der Waals surface area contributed by atoms with E-state index in [1.807, 2.05) is 0 Å². The number of carbonyl (C=O) groups is 3. The first kappa shape index (κ1) is 24.0. The lowest BCUT2D eigenvalue weighted by molar-refractivity contribution is -0.184. The number of nitrogens with zero attached hydrogens (tertiary/aromatic N) is 3. The molecular weight excluding hydrogens is 468 g/mol. The smallest absolute Gasteiger partial charge is 0.230 e. The van der Waals surface area contributed by atoms with Gasteiger partial charge in [-0.15, -0.1) is 0 Å². The number of hydrogen-bond acceptors (Lipinski definition) is 10. The van der Waals surface area contributed by atoms with Crippen LogP contribution in [0.3, 0.4) is 0 Å². The largest absolute Gasteiger partial charge is 0.507 e. The summed E-state index contributed by atoms with van der Waals surface area (Å²) in [5.74, 6) is -7.39. The van der Waals surface area contributed by atoms with E-state index in [0.29, 0.717) is 17.0 Å². The Balaban J connectivity index is 1.71. The van der Waals surface area contributed by atoms with E-state index in [2.05, 4.69) is 9.97 Å². The molecule has 1 aromatic heterocycles. The van der Waals surface area contributed by atoms with Gasteiger partial charge >= 0.3 is 0 Å². The average Bonchev–Trinajstić information content (AvgIpc) is 2.81. The molecule has 2 unspecified atom stereocenters. The molecule has 0 spiro atoms. The van der Waals surface area contributed by atoms with Gasteiger partial charge in [0.2, 0.25) is 11.7 Å². The van der Waals surface area contributed by atoms with E-state index in [0.717, 1.165) is 0 Å². The van der Waals surface area contributed by atoms with Crippen molar-refractivity contribution < 1.29 is 34.8 Å². The van der Waals surface area contributed by atoms with Crippen LogP contribution in [0.4, 0.5) is 0 Å². The molecule has 36 heavy (non-hydrogen) atoms. The fourth-order valence-corrected chi connectivity index (χ4v) is 6.25. The summed E-state index contributed by atoms with van der Waals surface area (Å²) >= 11 is 0. The number of aliphatic hydroxyl groups excluding tert-OH is 2. The third kappa shape index (κ3) is 3.13. The van der Waals surface area contributed by atoms with E-state index in [9.17, 15) is 34.8 Å². The SMILES string of the molecule is CN(C)[C@H]1C(O)C(C(N)=O)C(=O)[C@]2(O)C(=O)C3=C(O)c4c(O)ccc(-c5ncccn5)c4C[C@@H]3C[C@H]12. The van der Waals surface area contributed by atoms with E-state index in [1.54, 1.807) is 43.5 Å². The quantitative estimate of drug-likeness (QED) is 0.351. The molecule has 2 aromatic rings. The molecule has 0 radical (unpaired) electrons. The van der Waals surface area contributed by atoms with Crippen molar-refractivity contribution in [3.05, 3.63) is 47.3 Å². The molecule has 2 fully saturated rings. The number of benzene rings is 1. The van der Waals surface area contributed by atoms with Gasteiger partial charge in [0.15, 0.2) is 17.2 Å². The number of fused-ring (bicyclic) bond motifs is 3. The number of aromatic nitrogens is 2. The van der Waals surface area contributed by atoms with E-state index in [1.165, 1.54) is 6.07 Å². The molecule has 3 aliphatic rings. The number of phenolic OH excluding ortho intramolecular Hbond substituents is 1. The molecule has 2 saturated carbocycles. The summed E-state index contributed by atoms with van der Waals surface area (Å²) in [6, 6.07) is 3.68. The first-order valence-electron chi connectivity index (χ1n) is 11.5. The highest BCUT2D eigenvalue weighted by atomic mass is 16.3. The van der Waals surface area contributed by atoms with Crippen LogP contribution in [0.1, 0.15) is 17.5 Å². The molecule has 3 aliphatic carbocycles. The second-order valence-electron chi connectivity index (χ2n) is 9.85. The van der Waals surface area contributed by atoms with Crippen molar-refractivity contribution in [1.29, 1.82) is 0 Å². The van der Waals surface area contributed by atoms with Crippen molar-refractivity contribution in [2.24, 2.45) is 23.5 Å². The number of ketones is 2. The summed E-state index contributed by atoms with van der Waals surface area (Å²) in [6.07, 6.45) is 1.81. The lowest BCUT2D eigenvalue weighted by atomic mass is 9.54. The summed E-state index contributed by atoms with van der Waals surface area (Å²) in [4.78, 5) is 49.3. The van der Waals surface area contributed by atoms with Crippen LogP contribution >= 0.6 is 0 Å². The van der Waals surface area contributed by atoms with Crippen molar-refractivity contribution in [3.8, 4) is 17.1 Å². The second kappa shape index (κ2) is 8.19. The molecule has 0 bridgehead atoms. The average molecular weight is 495 g/mol. The van der Waals surface area contributed by atoms with Gasteiger partial charge in [0.05, 0.1) is 11.7 Å². The van der Waals surface area contributed by atoms with Gasteiger partial charge in [0.25, 0.3) is 0 Å². The molecule has 1 amide bonds. The fraction of sp³-hybridized carbons (Fsp3) is 0.400. The minimum atomic E-state index is -2.68. The van der Waals surface area contributed by atoms with Crippen LogP contribution in [0, 0.1) is 17.8 Å². The number of rotatable bonds is 3. The number of aromatic hydroxyl groups is 1. The number of hydrogen-bond donors (Lipinski definition) is 5. The van der Waals surface area contributed by atoms with Gasteiger partial charge in [-0.05, 0) is 56.6 Å². The zero-order chi connectivity index (χ0) is 26.1. The van der Waals surface area contributed by atoms with Crippen LogP contribution in [0.15, 0.2) is 36.2 Å². The number of phenols is 1. The molecular formula is C25H26N4O7. The van der Waals surface area contributed by atoms with E-state index >= 15 is 0 Å². The maximum Gasteiger partial charge on any atom is 0.230 e. The fourth-order valence-electron chi connectivity index (χ4n) is 6.25. The standard InChI is InChI=1S/C25H26N4O7/c1-29(2)18-13-9-10-8-12-11(24-27-6-3-7-28-24)4-5-14(30)16(12)19(31)15(10)21(33)25(13,36)22(34)17(20(18)32)23(26)35/h3-7,10,13,17-18,20,30-32,36H,8-9H2,1-2H3,(H2,26,35)/t10-,13-,17?,18-,20?,25-/m1/s1. The number of likely N-dealkylation sites (N-methyl/N-ethyl adjacent to an activating group) is 1. The van der Waals surface area contributed by atoms with Crippen molar-refractivity contribution in [2.45, 2.75) is 30.6 Å². The first-order valence-corrected chi connectivity index (χ1v) is 11.5. The predicted molar refractivity (Wildman–Crippen MR) is 125 cm³/mol. The van der Waals surface area contributed by atoms with Crippen molar-refractivity contribution in [1.82, 2.24) is 14.9 Å². The number of Topliss-reactive ketones (excluding diaryl/α,β-unsaturated/α-hetero) is 2. The van der Waals surface area contributed by atoms with Gasteiger partial charge in [-0.3, -0.25) is 14.4 Å². The van der Waals surface area contributed by atoms with Crippen molar-refractivity contribution >= 4 is 23.2 Å². The topological polar surface area (TPSA) is 187 Å². The van der Waals surface area contributed by atoms with Crippen LogP contribution in [0.2, 0.25) is 0 Å². The van der Waals surface area contributed by atoms with E-state index in [-0.39, 0.29) is 29.7 Å². The molecule has 11 nitrogen and oxygen atoms in total. The predicted octanol–water partition coefficient (Wildman–Crippen LogP) is -0.414. The van der Waals surface area contributed by atoms with Crippen LogP contribution in [-0.4, -0.2) is 84.6 Å². The third-order valence-corrected chi connectivity index (χ3v) is 7.78. The highest BCUT2D eigenvalue weighted by Gasteiger charge is 2.67. The van der Waals surface area contributed by atoms with Gasteiger partial charge < -0.3 is 31.1 Å². The second-order valence-corrected chi connectivity index (χ2v) is 9.85. The van der Waals surface area contributed by atoms with Gasteiger partial charge in [0, 0.05) is 35.5 Å². The summed E-state index contributed by atoms with van der Waals surface area (Å²) < 4.78 is 0. The van der Waals surface area contributed by atoms with Gasteiger partial charge in [-0.25, -0.2) is 9.97 Å². The first-order chi connectivity index (χ1) is 17.0. The Morgan fingerprint density at radius 1 is 1.17 bits per heavy atom. The van der Waals surface area contributed by atoms with E-state index in [4.69, 9.17) is 5.73 Å². The molecule has 5 rings (SSSR count). The van der Waals surface area contributed by atoms with Crippen molar-refractivity contribution in [3.63, 3.8) is 0 Å². The number of primary amides is 1. The monoisotopic (exact) mass is 494 g/mol. The maximum absolute atomic E-state index is 13.8. The Labute approximate surface area is 205 Å². The Hall–Kier alpha value is -3.67. The van der Waals surface area contributed by atoms with Crippen LogP contribution in [-0.2, 0) is 20.8 Å². The normalized spacial score (nSPS) is 31.6. The third-order valence-electron chi connectivity index (χ3n) is 7.78. The van der Waals surface area contributed by atoms with Crippen LogP contribution in [0.5, 0.6) is 5.75 Å². The number of carbonyl (C=O) groups excluding carboxylic acids is 3. The van der Waals surface area contributed by atoms with Crippen LogP contribution in [0.25, 0.3) is 17.1 Å². The van der Waals surface area contributed by atoms with Crippen LogP contribution < -0.4 is 5.73 Å². The zero-order valence-electron chi connectivity index (χ0n) is 19.6. The number of nitrogens with two attached hydrogens (primary N) is 1. The molecule has 6 atom stereocenters. The minimum absolute atomic E-state index is 0.000469. The summed E-state index contributed by atoms with van der Waals surface area (Å²) in [7, 11) is 3.21. The maximum atomic E-state index is 13.8. The minimum Gasteiger partial charge on any atom is -0.507 e. The highest BCUT2D eigenvalue weighted by molar-refractivity contribution is 6.25. The van der Waals surface area contributed by atoms with Gasteiger partial charge in [0.1, 0.15) is 17.4 Å². The molecule has 0 aliphatic heterocycles. The number of aliphatic hydroxyl groups is 3. The summed E-state index contributed by atoms with van der Waals surface area (Å²) in [5.41, 5.74) is 3.58. The van der Waals surface area contributed by atoms with Gasteiger partial charge in [-0.1, -0.05) is 0 Å². The Kier molecular flexibility index (Phi) is 5.47. The number of amides is 1. The Bertz CT molecular complexity index is 1330. The Morgan fingerprint density at radius 2 is 1.83 bits per heavy atom. The van der Waals surface area contributed by atoms with E-state index < -0.39 is 58.7 Å². The van der Waals surface area contributed by atoms with Gasteiger partial charge in [-0.2, -0.15) is 0 Å². The molecule has 0 saturated heterocycles. The summed E-state index contributed by atoms with van der Waals surface area (Å²) in [5, 5.41) is 44.4. The Morgan fingerprint density at radius 3 is 2.44 bits per heavy atom. The molecule has 188 valence electrons. The zero-order valence-corrected chi connectivity index (χ0v) is 19.6. The molecule has 1 heterocycles. The van der Waals surface area contributed by atoms with Crippen molar-refractivity contribution in [2.75, 3.05) is 14.1 Å². The molecule has 6 N–H and O–H groups in total. The molecule has 1 aromatic carbocycles. The lowest BCUT2D eigenvalue weighted by Crippen LogP contribution is -2.73.